The molecule has 4 nitrogen and oxygen atoms in total. The Balaban J connectivity index is 1.53. The van der Waals surface area contributed by atoms with Gasteiger partial charge in [-0.25, -0.2) is 9.59 Å². The van der Waals surface area contributed by atoms with Gasteiger partial charge in [-0.3, -0.25) is 0 Å². The van der Waals surface area contributed by atoms with Crippen LogP contribution in [-0.2, 0) is 10.8 Å². The Kier molecular flexibility index (Phi) is 3.71. The second-order valence-electron chi connectivity index (χ2n) is 9.29. The molecule has 4 aliphatic rings. The molecule has 0 spiro atoms. The molecule has 2 N–H and O–H groups in total. The molecule has 0 aliphatic heterocycles. The second kappa shape index (κ2) is 5.94. The van der Waals surface area contributed by atoms with Gasteiger partial charge in [0, 0.05) is 0 Å². The number of hydrogen-bond acceptors (Lipinski definition) is 2. The lowest BCUT2D eigenvalue weighted by Crippen LogP contribution is -2.55. The van der Waals surface area contributed by atoms with Crippen LogP contribution in [0.1, 0.15) is 70.4 Å². The van der Waals surface area contributed by atoms with Gasteiger partial charge in [0.25, 0.3) is 0 Å². The Hall–Kier alpha value is -2.62. The van der Waals surface area contributed by atoms with Gasteiger partial charge in [0.1, 0.15) is 0 Å². The molecular formula is C24H24O4. The number of carbonyl (C=O) groups is 2. The Morgan fingerprint density at radius 2 is 1.04 bits per heavy atom. The summed E-state index contributed by atoms with van der Waals surface area (Å²) in [5.41, 5.74) is 3.47. The van der Waals surface area contributed by atoms with Crippen LogP contribution in [-0.4, -0.2) is 22.2 Å². The predicted molar refractivity (Wildman–Crippen MR) is 105 cm³/mol. The summed E-state index contributed by atoms with van der Waals surface area (Å²) >= 11 is 0. The van der Waals surface area contributed by atoms with E-state index < -0.39 is 11.9 Å². The predicted octanol–water partition coefficient (Wildman–Crippen LogP) is 4.87. The summed E-state index contributed by atoms with van der Waals surface area (Å²) in [4.78, 5) is 22.5. The lowest BCUT2D eigenvalue weighted by atomic mass is 9.41. The summed E-state index contributed by atoms with van der Waals surface area (Å²) in [7, 11) is 0. The van der Waals surface area contributed by atoms with E-state index >= 15 is 0 Å². The fourth-order valence-corrected chi connectivity index (χ4v) is 6.87. The van der Waals surface area contributed by atoms with Gasteiger partial charge in [-0.15, -0.1) is 0 Å². The first-order valence-corrected chi connectivity index (χ1v) is 10.1. The number of aromatic carboxylic acids is 2. The fourth-order valence-electron chi connectivity index (χ4n) is 6.87. The molecule has 4 bridgehead atoms. The largest absolute Gasteiger partial charge is 0.478 e. The smallest absolute Gasteiger partial charge is 0.335 e. The molecule has 0 saturated heterocycles. The first-order valence-electron chi connectivity index (χ1n) is 10.1. The van der Waals surface area contributed by atoms with E-state index in [2.05, 4.69) is 0 Å². The Morgan fingerprint density at radius 1 is 0.679 bits per heavy atom. The molecule has 4 aliphatic carbocycles. The molecule has 0 heterocycles. The summed E-state index contributed by atoms with van der Waals surface area (Å²) in [5.74, 6) is -0.377. The Bertz CT molecular complexity index is 852. The van der Waals surface area contributed by atoms with Crippen molar-refractivity contribution in [3.63, 3.8) is 0 Å². The van der Waals surface area contributed by atoms with Crippen LogP contribution in [0.3, 0.4) is 0 Å². The quantitative estimate of drug-likeness (QED) is 0.798. The third-order valence-corrected chi connectivity index (χ3v) is 7.55. The maximum Gasteiger partial charge on any atom is 0.335 e. The molecule has 28 heavy (non-hydrogen) atoms. The normalized spacial score (nSPS) is 33.0. The zero-order chi connectivity index (χ0) is 19.5. The minimum Gasteiger partial charge on any atom is -0.478 e. The first-order chi connectivity index (χ1) is 13.4. The number of carboxylic acid groups (broad SMARTS) is 2. The van der Waals surface area contributed by atoms with E-state index in [-0.39, 0.29) is 10.8 Å². The van der Waals surface area contributed by atoms with Gasteiger partial charge in [-0.05, 0) is 96.6 Å². The van der Waals surface area contributed by atoms with Crippen molar-refractivity contribution in [1.29, 1.82) is 0 Å². The number of rotatable bonds is 4. The molecule has 0 aromatic heterocycles. The van der Waals surface area contributed by atoms with Crippen molar-refractivity contribution in [1.82, 2.24) is 0 Å². The van der Waals surface area contributed by atoms with Crippen molar-refractivity contribution >= 4 is 11.9 Å². The zero-order valence-electron chi connectivity index (χ0n) is 15.7. The summed E-state index contributed by atoms with van der Waals surface area (Å²) in [5, 5.41) is 18.4. The third-order valence-electron chi connectivity index (χ3n) is 7.55. The Labute approximate surface area is 164 Å². The van der Waals surface area contributed by atoms with Crippen molar-refractivity contribution < 1.29 is 19.8 Å². The minimum atomic E-state index is -0.882. The van der Waals surface area contributed by atoms with Crippen LogP contribution in [0.25, 0.3) is 0 Å². The molecule has 4 saturated carbocycles. The van der Waals surface area contributed by atoms with E-state index in [4.69, 9.17) is 0 Å². The van der Waals surface area contributed by atoms with Crippen LogP contribution >= 0.6 is 0 Å². The lowest BCUT2D eigenvalue weighted by Gasteiger charge is -2.62. The first kappa shape index (κ1) is 17.5. The summed E-state index contributed by atoms with van der Waals surface area (Å²) < 4.78 is 0. The molecule has 0 unspecified atom stereocenters. The van der Waals surface area contributed by atoms with Crippen molar-refractivity contribution in [2.75, 3.05) is 0 Å². The second-order valence-corrected chi connectivity index (χ2v) is 9.29. The maximum absolute atomic E-state index is 11.2. The highest BCUT2D eigenvalue weighted by Gasteiger charge is 2.58. The van der Waals surface area contributed by atoms with Crippen molar-refractivity contribution in [2.24, 2.45) is 11.8 Å². The number of hydrogen-bond donors (Lipinski definition) is 2. The average Bonchev–Trinajstić information content (AvgIpc) is 2.67. The van der Waals surface area contributed by atoms with Crippen LogP contribution < -0.4 is 0 Å². The van der Waals surface area contributed by atoms with Crippen LogP contribution in [0.2, 0.25) is 0 Å². The molecular weight excluding hydrogens is 352 g/mol. The molecule has 4 fully saturated rings. The average molecular weight is 376 g/mol. The van der Waals surface area contributed by atoms with Crippen molar-refractivity contribution in [3.05, 3.63) is 70.8 Å². The topological polar surface area (TPSA) is 74.6 Å². The van der Waals surface area contributed by atoms with Gasteiger partial charge in [-0.2, -0.15) is 0 Å². The highest BCUT2D eigenvalue weighted by Crippen LogP contribution is 2.66. The van der Waals surface area contributed by atoms with E-state index in [1.165, 1.54) is 43.2 Å². The zero-order valence-corrected chi connectivity index (χ0v) is 15.7. The van der Waals surface area contributed by atoms with E-state index in [0.29, 0.717) is 23.0 Å². The van der Waals surface area contributed by atoms with E-state index in [1.807, 2.05) is 24.3 Å². The van der Waals surface area contributed by atoms with Crippen LogP contribution in [0.5, 0.6) is 0 Å². The van der Waals surface area contributed by atoms with Gasteiger partial charge in [0.15, 0.2) is 0 Å². The highest BCUT2D eigenvalue weighted by molar-refractivity contribution is 5.88. The van der Waals surface area contributed by atoms with E-state index in [9.17, 15) is 19.8 Å². The SMILES string of the molecule is O=C(O)c1ccc(C23CC4CC(C2)CC(c2ccc(C(=O)O)cc2)(C4)C3)cc1. The van der Waals surface area contributed by atoms with Gasteiger partial charge >= 0.3 is 11.9 Å². The van der Waals surface area contributed by atoms with Crippen LogP contribution in [0.15, 0.2) is 48.5 Å². The number of benzene rings is 2. The molecule has 0 amide bonds. The summed E-state index contributed by atoms with van der Waals surface area (Å²) in [6.07, 6.45) is 7.11. The fraction of sp³-hybridized carbons (Fsp3) is 0.417. The molecule has 6 rings (SSSR count). The van der Waals surface area contributed by atoms with Crippen molar-refractivity contribution in [2.45, 2.75) is 49.4 Å². The van der Waals surface area contributed by atoms with Gasteiger partial charge < -0.3 is 10.2 Å². The molecule has 2 aromatic carbocycles. The third kappa shape index (κ3) is 2.58. The van der Waals surface area contributed by atoms with Gasteiger partial charge in [0.05, 0.1) is 11.1 Å². The number of carboxylic acids is 2. The maximum atomic E-state index is 11.2. The van der Waals surface area contributed by atoms with Gasteiger partial charge in [-0.1, -0.05) is 24.3 Å². The van der Waals surface area contributed by atoms with Gasteiger partial charge in [0.2, 0.25) is 0 Å². The molecule has 4 heteroatoms. The summed E-state index contributed by atoms with van der Waals surface area (Å²) in [6.45, 7) is 0. The van der Waals surface area contributed by atoms with Crippen LogP contribution in [0.4, 0.5) is 0 Å². The van der Waals surface area contributed by atoms with Crippen LogP contribution in [0, 0.1) is 11.8 Å². The van der Waals surface area contributed by atoms with E-state index in [0.717, 1.165) is 6.42 Å². The highest BCUT2D eigenvalue weighted by atomic mass is 16.4. The standard InChI is InChI=1S/C24H24O4/c25-21(26)17-1-5-19(6-2-17)23-10-15-9-16(11-23)13-24(12-15,14-23)20-7-3-18(4-8-20)22(27)28/h1-8,15-16H,9-14H2,(H,25,26)(H,27,28). The molecule has 2 aromatic rings. The molecule has 0 radical (unpaired) electrons. The molecule has 0 atom stereocenters. The van der Waals surface area contributed by atoms with E-state index in [1.54, 1.807) is 24.3 Å². The monoisotopic (exact) mass is 376 g/mol. The van der Waals surface area contributed by atoms with Crippen molar-refractivity contribution in [3.8, 4) is 0 Å². The Morgan fingerprint density at radius 3 is 1.36 bits per heavy atom. The minimum absolute atomic E-state index is 0.118. The molecule has 144 valence electrons. The lowest BCUT2D eigenvalue weighted by molar-refractivity contribution is -0.0281. The summed E-state index contributed by atoms with van der Waals surface area (Å²) in [6, 6.07) is 15.1.